The van der Waals surface area contributed by atoms with Crippen LogP contribution in [-0.4, -0.2) is 40.9 Å². The highest BCUT2D eigenvalue weighted by Crippen LogP contribution is 2.40. The Morgan fingerprint density at radius 1 is 1.10 bits per heavy atom. The highest BCUT2D eigenvalue weighted by atomic mass is 32.1. The van der Waals surface area contributed by atoms with Gasteiger partial charge in [-0.15, -0.1) is 5.10 Å². The minimum absolute atomic E-state index is 0.0506. The normalized spacial score (nSPS) is 11.6. The van der Waals surface area contributed by atoms with E-state index in [9.17, 15) is 14.9 Å². The van der Waals surface area contributed by atoms with Crippen molar-refractivity contribution in [3.8, 4) is 28.6 Å². The first kappa shape index (κ1) is 20.3. The maximum Gasteiger partial charge on any atom is 0.291 e. The van der Waals surface area contributed by atoms with Gasteiger partial charge in [-0.3, -0.25) is 14.9 Å². The molecule has 0 fully saturated rings. The number of thiazole rings is 1. The summed E-state index contributed by atoms with van der Waals surface area (Å²) >= 11 is 1.14. The molecule has 0 spiro atoms. The third kappa shape index (κ3) is 3.66. The lowest BCUT2D eigenvalue weighted by molar-refractivity contribution is -0.384. The maximum absolute atomic E-state index is 12.8. The largest absolute Gasteiger partial charge is 0.493 e. The number of benzene rings is 2. The van der Waals surface area contributed by atoms with E-state index in [4.69, 9.17) is 14.2 Å². The van der Waals surface area contributed by atoms with Crippen LogP contribution >= 0.6 is 11.3 Å². The van der Waals surface area contributed by atoms with Crippen LogP contribution in [-0.2, 0) is 0 Å². The second-order valence-corrected chi connectivity index (χ2v) is 7.32. The molecule has 0 amide bonds. The molecular formula is C20H16N4O6S. The topological polar surface area (TPSA) is 118 Å². The summed E-state index contributed by atoms with van der Waals surface area (Å²) in [7, 11) is 4.52. The standard InChI is InChI=1S/C20H16N4O6S/c1-28-14-9-12(10-15(29-2)17(14)30-3)18-21-20-23(22-18)19(25)16(31-20)8-11-5-4-6-13(7-11)24(26)27/h4-10H,1-3H3/b16-8+. The Morgan fingerprint density at radius 3 is 2.39 bits per heavy atom. The van der Waals surface area contributed by atoms with Gasteiger partial charge in [0.15, 0.2) is 17.3 Å². The number of nitro benzene ring substituents is 1. The number of rotatable bonds is 6. The molecule has 0 atom stereocenters. The van der Waals surface area contributed by atoms with Gasteiger partial charge in [0, 0.05) is 17.7 Å². The van der Waals surface area contributed by atoms with Crippen molar-refractivity contribution >= 4 is 28.1 Å². The number of nitro groups is 1. The average molecular weight is 440 g/mol. The first-order valence-corrected chi connectivity index (χ1v) is 9.73. The summed E-state index contributed by atoms with van der Waals surface area (Å²) in [5.41, 5.74) is 0.720. The van der Waals surface area contributed by atoms with Gasteiger partial charge in [-0.1, -0.05) is 23.5 Å². The Hall–Kier alpha value is -3.99. The summed E-state index contributed by atoms with van der Waals surface area (Å²) in [4.78, 5) is 28.1. The average Bonchev–Trinajstić information content (AvgIpc) is 3.32. The van der Waals surface area contributed by atoms with Crippen molar-refractivity contribution in [2.24, 2.45) is 0 Å². The Bertz CT molecular complexity index is 1390. The third-order valence-corrected chi connectivity index (χ3v) is 5.44. The van der Waals surface area contributed by atoms with Crippen molar-refractivity contribution in [3.63, 3.8) is 0 Å². The number of non-ortho nitro benzene ring substituents is 1. The fourth-order valence-electron chi connectivity index (χ4n) is 3.05. The third-order valence-electron chi connectivity index (χ3n) is 4.48. The summed E-state index contributed by atoms with van der Waals surface area (Å²) in [5.74, 6) is 1.65. The minimum Gasteiger partial charge on any atom is -0.493 e. The molecule has 2 heterocycles. The van der Waals surface area contributed by atoms with Crippen LogP contribution in [0.2, 0.25) is 0 Å². The van der Waals surface area contributed by atoms with Gasteiger partial charge >= 0.3 is 0 Å². The molecular weight excluding hydrogens is 424 g/mol. The van der Waals surface area contributed by atoms with Crippen LogP contribution in [0, 0.1) is 10.1 Å². The molecule has 4 aromatic rings. The Labute approximate surface area is 179 Å². The first-order chi connectivity index (χ1) is 14.9. The van der Waals surface area contributed by atoms with Crippen LogP contribution in [0.25, 0.3) is 22.4 Å². The molecule has 0 aliphatic rings. The van der Waals surface area contributed by atoms with Gasteiger partial charge in [0.1, 0.15) is 0 Å². The smallest absolute Gasteiger partial charge is 0.291 e. The number of aromatic nitrogens is 3. The quantitative estimate of drug-likeness (QED) is 0.331. The molecule has 0 saturated carbocycles. The van der Waals surface area contributed by atoms with E-state index in [1.165, 1.54) is 38.0 Å². The van der Waals surface area contributed by atoms with Gasteiger partial charge in [-0.2, -0.15) is 9.50 Å². The SMILES string of the molecule is COc1cc(-c2nc3s/c(=C/c4cccc([N+](=O)[O-])c4)c(=O)n3n2)cc(OC)c1OC. The van der Waals surface area contributed by atoms with Gasteiger partial charge < -0.3 is 14.2 Å². The van der Waals surface area contributed by atoms with E-state index in [1.807, 2.05) is 0 Å². The van der Waals surface area contributed by atoms with Crippen molar-refractivity contribution in [1.82, 2.24) is 14.6 Å². The lowest BCUT2D eigenvalue weighted by atomic mass is 10.1. The summed E-state index contributed by atoms with van der Waals surface area (Å²) < 4.78 is 17.6. The number of hydrogen-bond donors (Lipinski definition) is 0. The summed E-state index contributed by atoms with van der Waals surface area (Å²) in [6.07, 6.45) is 1.58. The van der Waals surface area contributed by atoms with Crippen molar-refractivity contribution in [3.05, 3.63) is 67.0 Å². The number of nitrogens with zero attached hydrogens (tertiary/aromatic N) is 4. The molecule has 0 N–H and O–H groups in total. The van der Waals surface area contributed by atoms with Crippen LogP contribution in [0.1, 0.15) is 5.56 Å². The number of hydrogen-bond acceptors (Lipinski definition) is 9. The zero-order valence-electron chi connectivity index (χ0n) is 16.7. The van der Waals surface area contributed by atoms with Gasteiger partial charge in [0.05, 0.1) is 30.8 Å². The van der Waals surface area contributed by atoms with Gasteiger partial charge in [-0.25, -0.2) is 0 Å². The monoisotopic (exact) mass is 440 g/mol. The molecule has 4 rings (SSSR count). The molecule has 0 aliphatic carbocycles. The number of ether oxygens (including phenoxy) is 3. The van der Waals surface area contributed by atoms with Crippen molar-refractivity contribution in [2.75, 3.05) is 21.3 Å². The molecule has 2 aromatic heterocycles. The van der Waals surface area contributed by atoms with Crippen LogP contribution in [0.15, 0.2) is 41.2 Å². The highest BCUT2D eigenvalue weighted by Gasteiger charge is 2.18. The first-order valence-electron chi connectivity index (χ1n) is 8.91. The fourth-order valence-corrected chi connectivity index (χ4v) is 3.95. The second-order valence-electron chi connectivity index (χ2n) is 6.31. The molecule has 2 aromatic carbocycles. The Balaban J connectivity index is 1.79. The van der Waals surface area contributed by atoms with E-state index in [0.29, 0.717) is 43.7 Å². The van der Waals surface area contributed by atoms with Crippen molar-refractivity contribution < 1.29 is 19.1 Å². The maximum atomic E-state index is 12.8. The molecule has 11 heteroatoms. The molecule has 0 radical (unpaired) electrons. The van der Waals surface area contributed by atoms with Gasteiger partial charge in [-0.05, 0) is 23.8 Å². The summed E-state index contributed by atoms with van der Waals surface area (Å²) in [6.45, 7) is 0. The molecule has 158 valence electrons. The van der Waals surface area contributed by atoms with Crippen molar-refractivity contribution in [2.45, 2.75) is 0 Å². The van der Waals surface area contributed by atoms with E-state index in [-0.39, 0.29) is 11.2 Å². The van der Waals surface area contributed by atoms with E-state index < -0.39 is 4.92 Å². The molecule has 0 bridgehead atoms. The zero-order valence-corrected chi connectivity index (χ0v) is 17.5. The van der Waals surface area contributed by atoms with Crippen LogP contribution in [0.3, 0.4) is 0 Å². The Kier molecular flexibility index (Phi) is 5.26. The number of methoxy groups -OCH3 is 3. The zero-order chi connectivity index (χ0) is 22.1. The molecule has 0 aliphatic heterocycles. The molecule has 10 nitrogen and oxygen atoms in total. The van der Waals surface area contributed by atoms with E-state index in [1.54, 1.807) is 30.3 Å². The lowest BCUT2D eigenvalue weighted by Gasteiger charge is -2.12. The van der Waals surface area contributed by atoms with Gasteiger partial charge in [0.2, 0.25) is 10.7 Å². The highest BCUT2D eigenvalue weighted by molar-refractivity contribution is 7.15. The van der Waals surface area contributed by atoms with Crippen LogP contribution in [0.5, 0.6) is 17.2 Å². The fraction of sp³-hybridized carbons (Fsp3) is 0.150. The second kappa shape index (κ2) is 8.03. The van der Waals surface area contributed by atoms with E-state index >= 15 is 0 Å². The predicted octanol–water partition coefficient (Wildman–Crippen LogP) is 2.30. The summed E-state index contributed by atoms with van der Waals surface area (Å²) in [5, 5.41) is 15.3. The van der Waals surface area contributed by atoms with Crippen molar-refractivity contribution in [1.29, 1.82) is 0 Å². The van der Waals surface area contributed by atoms with E-state index in [0.717, 1.165) is 11.3 Å². The van der Waals surface area contributed by atoms with Crippen LogP contribution in [0.4, 0.5) is 5.69 Å². The van der Waals surface area contributed by atoms with Crippen LogP contribution < -0.4 is 24.3 Å². The summed E-state index contributed by atoms with van der Waals surface area (Å²) in [6, 6.07) is 9.43. The predicted molar refractivity (Wildman–Crippen MR) is 114 cm³/mol. The van der Waals surface area contributed by atoms with E-state index in [2.05, 4.69) is 10.1 Å². The molecule has 0 saturated heterocycles. The van der Waals surface area contributed by atoms with Gasteiger partial charge in [0.25, 0.3) is 11.2 Å². The molecule has 31 heavy (non-hydrogen) atoms. The number of fused-ring (bicyclic) bond motifs is 1. The Morgan fingerprint density at radius 2 is 1.81 bits per heavy atom. The molecule has 0 unspecified atom stereocenters. The minimum atomic E-state index is -0.484. The lowest BCUT2D eigenvalue weighted by Crippen LogP contribution is -2.23.